The zero-order valence-electron chi connectivity index (χ0n) is 24.1. The molecule has 7 atom stereocenters. The van der Waals surface area contributed by atoms with Crippen LogP contribution >= 0.6 is 0 Å². The Morgan fingerprint density at radius 2 is 1.95 bits per heavy atom. The molecule has 3 aliphatic rings. The van der Waals surface area contributed by atoms with Crippen LogP contribution in [0.1, 0.15) is 40.0 Å². The number of likely N-dealkylation sites (tertiary alicyclic amines) is 1. The summed E-state index contributed by atoms with van der Waals surface area (Å²) in [5.74, 6) is -3.02. The minimum atomic E-state index is -1.23. The minimum Gasteiger partial charge on any atom is -0.465 e. The molecule has 0 aromatic heterocycles. The van der Waals surface area contributed by atoms with Crippen LogP contribution in [0.2, 0.25) is 0 Å². The number of carbonyl (C=O) groups excluding carboxylic acids is 3. The Kier molecular flexibility index (Phi) is 7.83. The Balaban J connectivity index is 1.57. The molecule has 2 aromatic rings. The van der Waals surface area contributed by atoms with Crippen molar-refractivity contribution in [3.63, 3.8) is 0 Å². The van der Waals surface area contributed by atoms with Gasteiger partial charge in [-0.15, -0.1) is 13.2 Å². The van der Waals surface area contributed by atoms with E-state index in [4.69, 9.17) is 9.47 Å². The summed E-state index contributed by atoms with van der Waals surface area (Å²) in [6, 6.07) is 12.0. The van der Waals surface area contributed by atoms with E-state index in [0.717, 1.165) is 10.8 Å². The van der Waals surface area contributed by atoms with Gasteiger partial charge in [-0.1, -0.05) is 49.4 Å². The van der Waals surface area contributed by atoms with Crippen molar-refractivity contribution in [1.82, 2.24) is 4.90 Å². The Labute approximate surface area is 241 Å². The number of hydrogen-bond donors (Lipinski definition) is 1. The summed E-state index contributed by atoms with van der Waals surface area (Å²) in [7, 11) is 0. The van der Waals surface area contributed by atoms with Crippen molar-refractivity contribution in [1.29, 1.82) is 0 Å². The number of allylic oxidation sites excluding steroid dienone is 1. The molecule has 1 N–H and O–H groups in total. The smallest absolute Gasteiger partial charge is 0.312 e. The molecular weight excluding hydrogens is 520 g/mol. The Morgan fingerprint density at radius 1 is 1.22 bits per heavy atom. The lowest BCUT2D eigenvalue weighted by Crippen LogP contribution is -2.58. The molecule has 3 unspecified atom stereocenters. The molecular formula is C33H40N2O6. The number of hydrogen-bond acceptors (Lipinski definition) is 6. The van der Waals surface area contributed by atoms with Crippen LogP contribution < -0.4 is 4.90 Å². The zero-order chi connectivity index (χ0) is 29.5. The third kappa shape index (κ3) is 4.48. The van der Waals surface area contributed by atoms with E-state index in [0.29, 0.717) is 24.9 Å². The van der Waals surface area contributed by atoms with Crippen molar-refractivity contribution in [2.24, 2.45) is 17.8 Å². The Morgan fingerprint density at radius 3 is 2.63 bits per heavy atom. The summed E-state index contributed by atoms with van der Waals surface area (Å²) in [5, 5.41) is 12.2. The van der Waals surface area contributed by atoms with E-state index in [2.05, 4.69) is 13.2 Å². The van der Waals surface area contributed by atoms with Gasteiger partial charge in [-0.05, 0) is 61.9 Å². The molecule has 8 nitrogen and oxygen atoms in total. The first-order chi connectivity index (χ1) is 19.6. The van der Waals surface area contributed by atoms with Gasteiger partial charge in [-0.25, -0.2) is 0 Å². The number of aliphatic hydroxyl groups is 1. The van der Waals surface area contributed by atoms with Crippen LogP contribution in [0.15, 0.2) is 67.8 Å². The van der Waals surface area contributed by atoms with E-state index in [1.54, 1.807) is 24.0 Å². The molecule has 5 rings (SSSR count). The number of ether oxygens (including phenoxy) is 2. The number of anilines is 1. The second-order valence-corrected chi connectivity index (χ2v) is 11.8. The van der Waals surface area contributed by atoms with Crippen molar-refractivity contribution in [3.8, 4) is 0 Å². The Bertz CT molecular complexity index is 1370. The zero-order valence-corrected chi connectivity index (χ0v) is 24.1. The summed E-state index contributed by atoms with van der Waals surface area (Å²) in [5.41, 5.74) is -1.52. The van der Waals surface area contributed by atoms with Gasteiger partial charge in [0.1, 0.15) is 17.6 Å². The fraction of sp³-hybridized carbons (Fsp3) is 0.485. The van der Waals surface area contributed by atoms with Crippen molar-refractivity contribution in [3.05, 3.63) is 67.8 Å². The number of nitrogens with zero attached hydrogens (tertiary/aromatic N) is 2. The van der Waals surface area contributed by atoms with Gasteiger partial charge in [0, 0.05) is 12.2 Å². The first-order valence-corrected chi connectivity index (χ1v) is 14.5. The molecule has 0 saturated carbocycles. The second-order valence-electron chi connectivity index (χ2n) is 11.8. The molecule has 3 aliphatic heterocycles. The van der Waals surface area contributed by atoms with Gasteiger partial charge in [0.2, 0.25) is 5.91 Å². The molecule has 0 radical (unpaired) electrons. The highest BCUT2D eigenvalue weighted by Crippen LogP contribution is 2.65. The summed E-state index contributed by atoms with van der Waals surface area (Å²) < 4.78 is 12.4. The summed E-state index contributed by atoms with van der Waals surface area (Å²) in [6.07, 6.45) is 5.20. The fourth-order valence-corrected chi connectivity index (χ4v) is 7.31. The summed E-state index contributed by atoms with van der Waals surface area (Å²) in [6.45, 7) is 13.3. The molecule has 41 heavy (non-hydrogen) atoms. The first-order valence-electron chi connectivity index (χ1n) is 14.5. The lowest BCUT2D eigenvalue weighted by molar-refractivity contribution is -0.162. The largest absolute Gasteiger partial charge is 0.465 e. The van der Waals surface area contributed by atoms with E-state index in [9.17, 15) is 19.5 Å². The van der Waals surface area contributed by atoms with Gasteiger partial charge in [0.05, 0.1) is 30.8 Å². The highest BCUT2D eigenvalue weighted by molar-refractivity contribution is 6.05. The van der Waals surface area contributed by atoms with Crippen LogP contribution in [0, 0.1) is 17.8 Å². The molecule has 1 spiro atoms. The van der Waals surface area contributed by atoms with Crippen LogP contribution in [-0.2, 0) is 23.9 Å². The predicted molar refractivity (Wildman–Crippen MR) is 157 cm³/mol. The van der Waals surface area contributed by atoms with Crippen LogP contribution in [0.4, 0.5) is 5.69 Å². The lowest BCUT2D eigenvalue weighted by atomic mass is 9.62. The normalized spacial score (nSPS) is 30.7. The number of unbranched alkanes of at least 4 members (excludes halogenated alkanes) is 1. The maximum Gasteiger partial charge on any atom is 0.312 e. The van der Waals surface area contributed by atoms with Gasteiger partial charge in [0.25, 0.3) is 5.91 Å². The molecule has 2 bridgehead atoms. The third-order valence-corrected chi connectivity index (χ3v) is 9.40. The van der Waals surface area contributed by atoms with Crippen LogP contribution in [0.3, 0.4) is 0 Å². The predicted octanol–water partition coefficient (Wildman–Crippen LogP) is 4.26. The van der Waals surface area contributed by atoms with E-state index < -0.39 is 41.1 Å². The summed E-state index contributed by atoms with van der Waals surface area (Å²) >= 11 is 0. The summed E-state index contributed by atoms with van der Waals surface area (Å²) in [4.78, 5) is 45.6. The highest BCUT2D eigenvalue weighted by Gasteiger charge is 2.80. The molecule has 218 valence electrons. The van der Waals surface area contributed by atoms with E-state index in [1.165, 1.54) is 4.90 Å². The number of fused-ring (bicyclic) bond motifs is 2. The van der Waals surface area contributed by atoms with E-state index in [-0.39, 0.29) is 37.5 Å². The van der Waals surface area contributed by atoms with Gasteiger partial charge >= 0.3 is 5.97 Å². The number of benzene rings is 2. The van der Waals surface area contributed by atoms with Crippen molar-refractivity contribution < 1.29 is 29.0 Å². The topological polar surface area (TPSA) is 96.4 Å². The molecule has 2 aromatic carbocycles. The molecule has 0 aliphatic carbocycles. The molecule has 8 heteroatoms. The Hall–Kier alpha value is -3.49. The number of amides is 2. The van der Waals surface area contributed by atoms with Gasteiger partial charge in [-0.2, -0.15) is 0 Å². The highest BCUT2D eigenvalue weighted by atomic mass is 16.6. The molecule has 3 heterocycles. The quantitative estimate of drug-likeness (QED) is 0.251. The SMILES string of the molecule is C=CCCCOC(=O)[C@@H]1[C@H]2C(=O)N([C@H](C)CO)C(C(=O)N(CC=C)c3ccc4ccccc4c3)C23CC(C)[C@@]1(C)O3. The molecule has 3 fully saturated rings. The molecule has 2 amide bonds. The minimum absolute atomic E-state index is 0.106. The van der Waals surface area contributed by atoms with Gasteiger partial charge in [-0.3, -0.25) is 14.4 Å². The third-order valence-electron chi connectivity index (χ3n) is 9.40. The average molecular weight is 561 g/mol. The van der Waals surface area contributed by atoms with Crippen LogP contribution in [-0.4, -0.2) is 70.8 Å². The number of aliphatic hydroxyl groups excluding tert-OH is 1. The second kappa shape index (κ2) is 11.1. The standard InChI is InChI=1S/C33H40N2O6/c1-6-8-11-17-40-31(39)27-26-29(37)35(22(4)20-36)28(33(26)19-21(3)32(27,5)41-33)30(38)34(16-7-2)25-15-14-23-12-9-10-13-24(23)18-25/h6-7,9-10,12-15,18,21-22,26-28,36H,1-2,8,11,16-17,19-20H2,3-5H3/t21?,22-,26+,27+,28?,32-,33?/m1/s1. The van der Waals surface area contributed by atoms with E-state index in [1.807, 2.05) is 56.3 Å². The van der Waals surface area contributed by atoms with Gasteiger partial charge in [0.15, 0.2) is 0 Å². The van der Waals surface area contributed by atoms with Crippen molar-refractivity contribution >= 4 is 34.2 Å². The fourth-order valence-electron chi connectivity index (χ4n) is 7.31. The van der Waals surface area contributed by atoms with Gasteiger partial charge < -0.3 is 24.4 Å². The van der Waals surface area contributed by atoms with E-state index >= 15 is 0 Å². The van der Waals surface area contributed by atoms with Crippen LogP contribution in [0.5, 0.6) is 0 Å². The van der Waals surface area contributed by atoms with Crippen molar-refractivity contribution in [2.45, 2.75) is 63.3 Å². The maximum absolute atomic E-state index is 14.7. The monoisotopic (exact) mass is 560 g/mol. The number of carbonyl (C=O) groups is 3. The molecule has 3 saturated heterocycles. The number of rotatable bonds is 11. The average Bonchev–Trinajstić information content (AvgIpc) is 3.49. The van der Waals surface area contributed by atoms with Crippen LogP contribution in [0.25, 0.3) is 10.8 Å². The number of esters is 1. The maximum atomic E-state index is 14.7. The first kappa shape index (κ1) is 29.0. The lowest BCUT2D eigenvalue weighted by Gasteiger charge is -2.38. The van der Waals surface area contributed by atoms with Crippen molar-refractivity contribution in [2.75, 3.05) is 24.7 Å².